The van der Waals surface area contributed by atoms with Gasteiger partial charge in [0.2, 0.25) is 10.0 Å². The van der Waals surface area contributed by atoms with Crippen molar-refractivity contribution in [1.29, 1.82) is 0 Å². The smallest absolute Gasteiger partial charge is 0.376 e. The van der Waals surface area contributed by atoms with Gasteiger partial charge in [-0.3, -0.25) is 10.1 Å². The van der Waals surface area contributed by atoms with E-state index in [1.165, 1.54) is 16.4 Å². The van der Waals surface area contributed by atoms with Gasteiger partial charge >= 0.3 is 6.18 Å². The number of aliphatic hydroxyl groups is 1. The highest BCUT2D eigenvalue weighted by atomic mass is 32.2. The number of piperazine rings is 1. The van der Waals surface area contributed by atoms with E-state index in [1.54, 1.807) is 19.1 Å². The summed E-state index contributed by atoms with van der Waals surface area (Å²) in [6.07, 6.45) is -4.91. The summed E-state index contributed by atoms with van der Waals surface area (Å²) in [7, 11) is -3.98. The molecule has 2 atom stereocenters. The minimum atomic E-state index is -4.91. The van der Waals surface area contributed by atoms with Crippen molar-refractivity contribution in [3.05, 3.63) is 64.2 Å². The Balaban J connectivity index is 1.76. The van der Waals surface area contributed by atoms with Gasteiger partial charge in [0.05, 0.1) is 9.82 Å². The van der Waals surface area contributed by atoms with Crippen LogP contribution in [0.25, 0.3) is 0 Å². The van der Waals surface area contributed by atoms with Crippen LogP contribution in [-0.2, 0) is 15.6 Å². The number of hydrogen-bond acceptors (Lipinski definition) is 6. The SMILES string of the molecule is CC1CN(c2ccc([N+](=O)[O-])cc2)CCN1S(=O)(=O)c1ccc(C(C)(O)C(F)(F)F)cc1. The van der Waals surface area contributed by atoms with Crippen LogP contribution >= 0.6 is 0 Å². The zero-order valence-electron chi connectivity index (χ0n) is 17.3. The molecule has 2 aromatic rings. The summed E-state index contributed by atoms with van der Waals surface area (Å²) in [5.74, 6) is 0. The van der Waals surface area contributed by atoms with Crippen molar-refractivity contribution in [2.24, 2.45) is 0 Å². The molecule has 0 saturated carbocycles. The molecule has 0 amide bonds. The molecule has 1 fully saturated rings. The maximum Gasteiger partial charge on any atom is 0.421 e. The molecule has 8 nitrogen and oxygen atoms in total. The van der Waals surface area contributed by atoms with Crippen LogP contribution in [0.3, 0.4) is 0 Å². The minimum absolute atomic E-state index is 0.0454. The van der Waals surface area contributed by atoms with Crippen LogP contribution in [0.15, 0.2) is 53.4 Å². The van der Waals surface area contributed by atoms with Crippen LogP contribution in [0, 0.1) is 10.1 Å². The number of benzene rings is 2. The largest absolute Gasteiger partial charge is 0.421 e. The standard InChI is InChI=1S/C20H22F3N3O5S/c1-14-13-24(16-5-7-17(8-6-16)26(28)29)11-12-25(14)32(30,31)18-9-3-15(4-10-18)19(2,27)20(21,22)23/h3-10,14,27H,11-13H2,1-2H3. The van der Waals surface area contributed by atoms with Gasteiger partial charge in [-0.25, -0.2) is 8.42 Å². The molecule has 1 heterocycles. The fourth-order valence-corrected chi connectivity index (χ4v) is 5.18. The van der Waals surface area contributed by atoms with Crippen molar-refractivity contribution in [3.8, 4) is 0 Å². The van der Waals surface area contributed by atoms with E-state index in [-0.39, 0.29) is 17.1 Å². The maximum absolute atomic E-state index is 13.1. The van der Waals surface area contributed by atoms with Crippen molar-refractivity contribution < 1.29 is 31.6 Å². The molecule has 1 aliphatic heterocycles. The number of hydrogen-bond donors (Lipinski definition) is 1. The molecule has 0 aromatic heterocycles. The van der Waals surface area contributed by atoms with E-state index < -0.39 is 38.3 Å². The summed E-state index contributed by atoms with van der Waals surface area (Å²) in [5, 5.41) is 20.6. The predicted octanol–water partition coefficient (Wildman–Crippen LogP) is 3.26. The Labute approximate surface area is 183 Å². The van der Waals surface area contributed by atoms with Crippen LogP contribution < -0.4 is 4.90 Å². The Hall–Kier alpha value is -2.70. The van der Waals surface area contributed by atoms with E-state index in [0.717, 1.165) is 30.0 Å². The summed E-state index contributed by atoms with van der Waals surface area (Å²) in [6, 6.07) is 9.51. The summed E-state index contributed by atoms with van der Waals surface area (Å²) in [5.41, 5.74) is -2.88. The number of anilines is 1. The highest BCUT2D eigenvalue weighted by molar-refractivity contribution is 7.89. The van der Waals surface area contributed by atoms with Gasteiger partial charge in [-0.2, -0.15) is 17.5 Å². The summed E-state index contributed by atoms with van der Waals surface area (Å²) in [4.78, 5) is 12.0. The summed E-state index contributed by atoms with van der Waals surface area (Å²) < 4.78 is 66.5. The van der Waals surface area contributed by atoms with E-state index in [1.807, 2.05) is 4.90 Å². The van der Waals surface area contributed by atoms with Gasteiger partial charge < -0.3 is 10.0 Å². The molecule has 12 heteroatoms. The number of halogens is 3. The normalized spacial score (nSPS) is 20.1. The first-order valence-electron chi connectivity index (χ1n) is 9.66. The summed E-state index contributed by atoms with van der Waals surface area (Å²) in [6.45, 7) is 3.11. The third-order valence-corrected chi connectivity index (χ3v) is 7.60. The van der Waals surface area contributed by atoms with E-state index in [0.29, 0.717) is 20.0 Å². The van der Waals surface area contributed by atoms with Crippen LogP contribution in [0.2, 0.25) is 0 Å². The Morgan fingerprint density at radius 1 is 1.06 bits per heavy atom. The lowest BCUT2D eigenvalue weighted by Gasteiger charge is -2.40. The van der Waals surface area contributed by atoms with Crippen molar-refractivity contribution in [1.82, 2.24) is 4.31 Å². The molecule has 2 aromatic carbocycles. The molecule has 32 heavy (non-hydrogen) atoms. The Bertz CT molecular complexity index is 1090. The lowest BCUT2D eigenvalue weighted by Crippen LogP contribution is -2.54. The molecule has 1 saturated heterocycles. The van der Waals surface area contributed by atoms with Crippen LogP contribution in [0.4, 0.5) is 24.5 Å². The maximum atomic E-state index is 13.1. The zero-order chi connectivity index (χ0) is 23.9. The Morgan fingerprint density at radius 2 is 1.62 bits per heavy atom. The molecule has 2 unspecified atom stereocenters. The first kappa shape index (κ1) is 24.0. The number of nitro benzene ring substituents is 1. The Kier molecular flexibility index (Phi) is 6.24. The zero-order valence-corrected chi connectivity index (χ0v) is 18.1. The molecule has 0 radical (unpaired) electrons. The molecule has 3 rings (SSSR count). The second kappa shape index (κ2) is 8.34. The minimum Gasteiger partial charge on any atom is -0.376 e. The molecule has 1 N–H and O–H groups in total. The molecule has 174 valence electrons. The second-order valence-corrected chi connectivity index (χ2v) is 9.67. The molecular formula is C20H22F3N3O5S. The van der Waals surface area contributed by atoms with Gasteiger partial charge in [-0.15, -0.1) is 0 Å². The van der Waals surface area contributed by atoms with Gasteiger partial charge in [0.1, 0.15) is 0 Å². The molecular weight excluding hydrogens is 451 g/mol. The van der Waals surface area contributed by atoms with Crippen molar-refractivity contribution >= 4 is 21.4 Å². The average Bonchev–Trinajstić information content (AvgIpc) is 2.72. The van der Waals surface area contributed by atoms with E-state index in [4.69, 9.17) is 0 Å². The second-order valence-electron chi connectivity index (χ2n) is 7.78. The topological polar surface area (TPSA) is 104 Å². The first-order chi connectivity index (χ1) is 14.7. The number of non-ortho nitro benzene ring substituents is 1. The number of alkyl halides is 3. The van der Waals surface area contributed by atoms with Gasteiger partial charge in [-0.1, -0.05) is 12.1 Å². The summed E-state index contributed by atoms with van der Waals surface area (Å²) >= 11 is 0. The molecule has 0 aliphatic carbocycles. The van der Waals surface area contributed by atoms with Gasteiger partial charge in [0.25, 0.3) is 5.69 Å². The Morgan fingerprint density at radius 3 is 2.09 bits per heavy atom. The van der Waals surface area contributed by atoms with Crippen LogP contribution in [-0.4, -0.2) is 54.6 Å². The number of nitro groups is 1. The number of rotatable bonds is 5. The highest BCUT2D eigenvalue weighted by Gasteiger charge is 2.51. The highest BCUT2D eigenvalue weighted by Crippen LogP contribution is 2.38. The monoisotopic (exact) mass is 473 g/mol. The van der Waals surface area contributed by atoms with Crippen LogP contribution in [0.5, 0.6) is 0 Å². The lowest BCUT2D eigenvalue weighted by atomic mass is 9.96. The van der Waals surface area contributed by atoms with E-state index in [2.05, 4.69) is 0 Å². The fourth-order valence-electron chi connectivity index (χ4n) is 3.57. The van der Waals surface area contributed by atoms with E-state index >= 15 is 0 Å². The number of sulfonamides is 1. The molecule has 0 spiro atoms. The van der Waals surface area contributed by atoms with Crippen LogP contribution in [0.1, 0.15) is 19.4 Å². The predicted molar refractivity (Wildman–Crippen MR) is 111 cm³/mol. The first-order valence-corrected chi connectivity index (χ1v) is 11.1. The van der Waals surface area contributed by atoms with Gasteiger partial charge in [0.15, 0.2) is 5.60 Å². The lowest BCUT2D eigenvalue weighted by molar-refractivity contribution is -0.384. The third kappa shape index (κ3) is 4.43. The van der Waals surface area contributed by atoms with Crippen molar-refractivity contribution in [2.45, 2.75) is 36.6 Å². The molecule has 1 aliphatic rings. The van der Waals surface area contributed by atoms with Crippen molar-refractivity contribution in [3.63, 3.8) is 0 Å². The molecule has 0 bridgehead atoms. The van der Waals surface area contributed by atoms with Gasteiger partial charge in [-0.05, 0) is 43.7 Å². The van der Waals surface area contributed by atoms with Gasteiger partial charge in [0, 0.05) is 43.5 Å². The van der Waals surface area contributed by atoms with E-state index in [9.17, 15) is 36.8 Å². The van der Waals surface area contributed by atoms with Crippen molar-refractivity contribution in [2.75, 3.05) is 24.5 Å². The fraction of sp³-hybridized carbons (Fsp3) is 0.400. The number of nitrogens with zero attached hydrogens (tertiary/aromatic N) is 3. The average molecular weight is 473 g/mol. The third-order valence-electron chi connectivity index (χ3n) is 5.57. The quantitative estimate of drug-likeness (QED) is 0.528.